The van der Waals surface area contributed by atoms with E-state index in [1.54, 1.807) is 12.1 Å². The normalized spacial score (nSPS) is 16.1. The third-order valence-electron chi connectivity index (χ3n) is 3.79. The van der Waals surface area contributed by atoms with Gasteiger partial charge in [0.05, 0.1) is 18.4 Å². The molecule has 0 spiro atoms. The highest BCUT2D eigenvalue weighted by atomic mass is 16.3. The molecule has 2 aromatic rings. The molecular weight excluding hydrogens is 238 g/mol. The summed E-state index contributed by atoms with van der Waals surface area (Å²) in [7, 11) is 2.04. The standard InChI is InChI=1S/C15H19N3O/c1-17-14(12-5-4-6-13(19)9-12)10-16-15(17)11-18-7-2-3-8-18/h4-6,9-10,19H,2-3,7-8,11H2,1H3. The third-order valence-corrected chi connectivity index (χ3v) is 3.79. The molecule has 3 rings (SSSR count). The molecule has 100 valence electrons. The Hall–Kier alpha value is -1.81. The van der Waals surface area contributed by atoms with Crippen molar-refractivity contribution < 1.29 is 5.11 Å². The zero-order valence-electron chi connectivity index (χ0n) is 11.2. The molecule has 1 aliphatic heterocycles. The number of benzene rings is 1. The third kappa shape index (κ3) is 2.49. The predicted octanol–water partition coefficient (Wildman–Crippen LogP) is 2.39. The fourth-order valence-electron chi connectivity index (χ4n) is 2.67. The van der Waals surface area contributed by atoms with E-state index in [9.17, 15) is 5.11 Å². The number of hydrogen-bond acceptors (Lipinski definition) is 3. The van der Waals surface area contributed by atoms with Crippen LogP contribution >= 0.6 is 0 Å². The Morgan fingerprint density at radius 3 is 2.79 bits per heavy atom. The highest BCUT2D eigenvalue weighted by molar-refractivity contribution is 5.61. The summed E-state index contributed by atoms with van der Waals surface area (Å²) in [4.78, 5) is 6.96. The van der Waals surface area contributed by atoms with Crippen LogP contribution in [0.3, 0.4) is 0 Å². The molecule has 0 atom stereocenters. The minimum Gasteiger partial charge on any atom is -0.508 e. The summed E-state index contributed by atoms with van der Waals surface area (Å²) < 4.78 is 2.12. The summed E-state index contributed by atoms with van der Waals surface area (Å²) in [6, 6.07) is 7.32. The van der Waals surface area contributed by atoms with Gasteiger partial charge in [-0.2, -0.15) is 0 Å². The van der Waals surface area contributed by atoms with E-state index < -0.39 is 0 Å². The van der Waals surface area contributed by atoms with Crippen molar-refractivity contribution in [3.05, 3.63) is 36.3 Å². The maximum Gasteiger partial charge on any atom is 0.123 e. The average molecular weight is 257 g/mol. The van der Waals surface area contributed by atoms with E-state index in [0.717, 1.165) is 23.6 Å². The van der Waals surface area contributed by atoms with Gasteiger partial charge in [0.15, 0.2) is 0 Å². The van der Waals surface area contributed by atoms with Gasteiger partial charge in [0.1, 0.15) is 11.6 Å². The fraction of sp³-hybridized carbons (Fsp3) is 0.400. The lowest BCUT2D eigenvalue weighted by atomic mass is 10.1. The van der Waals surface area contributed by atoms with Crippen LogP contribution in [-0.4, -0.2) is 32.6 Å². The van der Waals surface area contributed by atoms with Crippen LogP contribution in [0.15, 0.2) is 30.5 Å². The second kappa shape index (κ2) is 5.05. The monoisotopic (exact) mass is 257 g/mol. The van der Waals surface area contributed by atoms with Gasteiger partial charge in [0.25, 0.3) is 0 Å². The quantitative estimate of drug-likeness (QED) is 0.918. The molecule has 0 unspecified atom stereocenters. The Morgan fingerprint density at radius 2 is 2.05 bits per heavy atom. The molecule has 0 radical (unpaired) electrons. The topological polar surface area (TPSA) is 41.3 Å². The predicted molar refractivity (Wildman–Crippen MR) is 74.8 cm³/mol. The number of nitrogens with zero attached hydrogens (tertiary/aromatic N) is 3. The number of aromatic hydroxyl groups is 1. The van der Waals surface area contributed by atoms with Crippen molar-refractivity contribution in [1.29, 1.82) is 0 Å². The van der Waals surface area contributed by atoms with Crippen LogP contribution in [-0.2, 0) is 13.6 Å². The van der Waals surface area contributed by atoms with Crippen molar-refractivity contribution in [2.24, 2.45) is 7.05 Å². The van der Waals surface area contributed by atoms with Crippen LogP contribution in [0.1, 0.15) is 18.7 Å². The van der Waals surface area contributed by atoms with E-state index in [-0.39, 0.29) is 0 Å². The summed E-state index contributed by atoms with van der Waals surface area (Å²) >= 11 is 0. The molecule has 0 bridgehead atoms. The van der Waals surface area contributed by atoms with Gasteiger partial charge in [0.2, 0.25) is 0 Å². The number of hydrogen-bond donors (Lipinski definition) is 1. The van der Waals surface area contributed by atoms with Crippen molar-refractivity contribution in [1.82, 2.24) is 14.5 Å². The van der Waals surface area contributed by atoms with Crippen molar-refractivity contribution in [3.8, 4) is 17.0 Å². The number of likely N-dealkylation sites (tertiary alicyclic amines) is 1. The molecule has 0 aliphatic carbocycles. The van der Waals surface area contributed by atoms with E-state index in [2.05, 4.69) is 14.5 Å². The van der Waals surface area contributed by atoms with Crippen LogP contribution in [0.25, 0.3) is 11.3 Å². The molecule has 1 aromatic carbocycles. The second-order valence-electron chi connectivity index (χ2n) is 5.15. The van der Waals surface area contributed by atoms with E-state index in [0.29, 0.717) is 5.75 Å². The molecular formula is C15H19N3O. The SMILES string of the molecule is Cn1c(-c2cccc(O)c2)cnc1CN1CCCC1. The average Bonchev–Trinajstić information content (AvgIpc) is 3.01. The lowest BCUT2D eigenvalue weighted by Crippen LogP contribution is -2.20. The number of aromatic nitrogens is 2. The lowest BCUT2D eigenvalue weighted by molar-refractivity contribution is 0.319. The lowest BCUT2D eigenvalue weighted by Gasteiger charge is -2.14. The number of rotatable bonds is 3. The molecule has 1 N–H and O–H groups in total. The zero-order chi connectivity index (χ0) is 13.2. The molecule has 2 heterocycles. The van der Waals surface area contributed by atoms with Crippen LogP contribution in [0.5, 0.6) is 5.75 Å². The van der Waals surface area contributed by atoms with Gasteiger partial charge in [-0.3, -0.25) is 4.90 Å². The molecule has 1 saturated heterocycles. The number of phenolic OH excluding ortho intramolecular Hbond substituents is 1. The summed E-state index contributed by atoms with van der Waals surface area (Å²) in [6.07, 6.45) is 4.48. The summed E-state index contributed by atoms with van der Waals surface area (Å²) in [6.45, 7) is 3.26. The van der Waals surface area contributed by atoms with Crippen LogP contribution < -0.4 is 0 Å². The first-order valence-corrected chi connectivity index (χ1v) is 6.76. The van der Waals surface area contributed by atoms with Gasteiger partial charge in [-0.05, 0) is 38.1 Å². The van der Waals surface area contributed by atoms with Crippen LogP contribution in [0.4, 0.5) is 0 Å². The Bertz CT molecular complexity index is 571. The summed E-state index contributed by atoms with van der Waals surface area (Å²) in [5, 5.41) is 9.56. The molecule has 1 aliphatic rings. The molecule has 4 nitrogen and oxygen atoms in total. The smallest absolute Gasteiger partial charge is 0.123 e. The van der Waals surface area contributed by atoms with Gasteiger partial charge < -0.3 is 9.67 Å². The van der Waals surface area contributed by atoms with Gasteiger partial charge in [-0.15, -0.1) is 0 Å². The van der Waals surface area contributed by atoms with Gasteiger partial charge in [0, 0.05) is 12.6 Å². The second-order valence-corrected chi connectivity index (χ2v) is 5.15. The molecule has 19 heavy (non-hydrogen) atoms. The first kappa shape index (κ1) is 12.2. The molecule has 4 heteroatoms. The van der Waals surface area contributed by atoms with Crippen molar-refractivity contribution >= 4 is 0 Å². The largest absolute Gasteiger partial charge is 0.508 e. The van der Waals surface area contributed by atoms with Crippen molar-refractivity contribution in [2.75, 3.05) is 13.1 Å². The van der Waals surface area contributed by atoms with Crippen molar-refractivity contribution in [2.45, 2.75) is 19.4 Å². The Labute approximate surface area is 113 Å². The van der Waals surface area contributed by atoms with E-state index in [1.165, 1.54) is 25.9 Å². The summed E-state index contributed by atoms with van der Waals surface area (Å²) in [5.74, 6) is 1.38. The molecule has 1 fully saturated rings. The first-order chi connectivity index (χ1) is 9.24. The Balaban J connectivity index is 1.85. The highest BCUT2D eigenvalue weighted by Gasteiger charge is 2.15. The fourth-order valence-corrected chi connectivity index (χ4v) is 2.67. The van der Waals surface area contributed by atoms with E-state index in [4.69, 9.17) is 0 Å². The van der Waals surface area contributed by atoms with Crippen LogP contribution in [0, 0.1) is 0 Å². The zero-order valence-corrected chi connectivity index (χ0v) is 11.2. The number of imidazole rings is 1. The van der Waals surface area contributed by atoms with Gasteiger partial charge in [-0.1, -0.05) is 12.1 Å². The van der Waals surface area contributed by atoms with E-state index >= 15 is 0 Å². The number of phenols is 1. The highest BCUT2D eigenvalue weighted by Crippen LogP contribution is 2.24. The van der Waals surface area contributed by atoms with E-state index in [1.807, 2.05) is 25.4 Å². The minimum absolute atomic E-state index is 0.291. The minimum atomic E-state index is 0.291. The molecule has 0 amide bonds. The van der Waals surface area contributed by atoms with Crippen molar-refractivity contribution in [3.63, 3.8) is 0 Å². The molecule has 0 saturated carbocycles. The maximum atomic E-state index is 9.56. The van der Waals surface area contributed by atoms with Crippen LogP contribution in [0.2, 0.25) is 0 Å². The maximum absolute atomic E-state index is 9.56. The van der Waals surface area contributed by atoms with Gasteiger partial charge in [-0.25, -0.2) is 4.98 Å². The van der Waals surface area contributed by atoms with Gasteiger partial charge >= 0.3 is 0 Å². The molecule has 1 aromatic heterocycles. The Morgan fingerprint density at radius 1 is 1.26 bits per heavy atom. The Kier molecular flexibility index (Phi) is 3.25. The summed E-state index contributed by atoms with van der Waals surface area (Å²) in [5.41, 5.74) is 2.05. The first-order valence-electron chi connectivity index (χ1n) is 6.76.